The SMILES string of the molecule is CCCCSc1nc2sc3c(c2c(=O)n1-c1ccc(C)cc1)CC(C)(C)OC3. The molecule has 0 radical (unpaired) electrons. The maximum Gasteiger partial charge on any atom is 0.267 e. The lowest BCUT2D eigenvalue weighted by Gasteiger charge is -2.29. The number of nitrogens with zero attached hydrogens (tertiary/aromatic N) is 2. The summed E-state index contributed by atoms with van der Waals surface area (Å²) in [6.45, 7) is 8.97. The molecule has 1 aliphatic rings. The fourth-order valence-electron chi connectivity index (χ4n) is 3.50. The topological polar surface area (TPSA) is 44.1 Å². The number of aromatic nitrogens is 2. The van der Waals surface area contributed by atoms with Crippen LogP contribution in [-0.4, -0.2) is 20.9 Å². The molecule has 4 rings (SSSR count). The molecule has 6 heteroatoms. The zero-order valence-corrected chi connectivity index (χ0v) is 18.5. The fourth-order valence-corrected chi connectivity index (χ4v) is 5.74. The van der Waals surface area contributed by atoms with Crippen molar-refractivity contribution >= 4 is 33.3 Å². The Hall–Kier alpha value is -1.63. The minimum atomic E-state index is -0.253. The van der Waals surface area contributed by atoms with Crippen LogP contribution in [0.15, 0.2) is 34.2 Å². The summed E-state index contributed by atoms with van der Waals surface area (Å²) in [5.41, 5.74) is 2.98. The van der Waals surface area contributed by atoms with E-state index in [1.807, 2.05) is 24.3 Å². The van der Waals surface area contributed by atoms with Crippen LogP contribution in [0.2, 0.25) is 0 Å². The van der Waals surface area contributed by atoms with Gasteiger partial charge >= 0.3 is 0 Å². The summed E-state index contributed by atoms with van der Waals surface area (Å²) in [6, 6.07) is 8.12. The highest BCUT2D eigenvalue weighted by molar-refractivity contribution is 7.99. The number of hydrogen-bond acceptors (Lipinski definition) is 5. The van der Waals surface area contributed by atoms with Crippen LogP contribution in [0.3, 0.4) is 0 Å². The van der Waals surface area contributed by atoms with Crippen molar-refractivity contribution in [3.63, 3.8) is 0 Å². The number of unbranched alkanes of at least 4 members (excludes halogenated alkanes) is 1. The number of fused-ring (bicyclic) bond motifs is 3. The average molecular weight is 415 g/mol. The van der Waals surface area contributed by atoms with Gasteiger partial charge in [0.25, 0.3) is 5.56 Å². The van der Waals surface area contributed by atoms with Gasteiger partial charge < -0.3 is 4.74 Å². The molecule has 0 atom stereocenters. The summed E-state index contributed by atoms with van der Waals surface area (Å²) in [5.74, 6) is 0.960. The van der Waals surface area contributed by atoms with Crippen LogP contribution in [0.5, 0.6) is 0 Å². The molecule has 28 heavy (non-hydrogen) atoms. The summed E-state index contributed by atoms with van der Waals surface area (Å²) in [6.07, 6.45) is 2.98. The van der Waals surface area contributed by atoms with Crippen LogP contribution in [0.4, 0.5) is 0 Å². The normalized spacial score (nSPS) is 15.7. The predicted molar refractivity (Wildman–Crippen MR) is 118 cm³/mol. The summed E-state index contributed by atoms with van der Waals surface area (Å²) in [7, 11) is 0. The second kappa shape index (κ2) is 7.65. The average Bonchev–Trinajstić information content (AvgIpc) is 3.00. The van der Waals surface area contributed by atoms with Gasteiger partial charge in [-0.05, 0) is 44.9 Å². The lowest BCUT2D eigenvalue weighted by Crippen LogP contribution is -2.32. The van der Waals surface area contributed by atoms with E-state index in [2.05, 4.69) is 27.7 Å². The third-order valence-corrected chi connectivity index (χ3v) is 7.22. The molecule has 2 aromatic heterocycles. The molecule has 0 spiro atoms. The molecule has 0 amide bonds. The van der Waals surface area contributed by atoms with E-state index in [-0.39, 0.29) is 11.2 Å². The minimum absolute atomic E-state index is 0.0445. The highest BCUT2D eigenvalue weighted by atomic mass is 32.2. The van der Waals surface area contributed by atoms with Gasteiger partial charge in [0.15, 0.2) is 5.16 Å². The summed E-state index contributed by atoms with van der Waals surface area (Å²) >= 11 is 3.28. The lowest BCUT2D eigenvalue weighted by atomic mass is 9.94. The van der Waals surface area contributed by atoms with Crippen LogP contribution in [0, 0.1) is 6.92 Å². The largest absolute Gasteiger partial charge is 0.370 e. The number of rotatable bonds is 5. The van der Waals surface area contributed by atoms with E-state index in [0.717, 1.165) is 56.5 Å². The van der Waals surface area contributed by atoms with Crippen LogP contribution < -0.4 is 5.56 Å². The molecular weight excluding hydrogens is 388 g/mol. The first-order chi connectivity index (χ1) is 13.4. The van der Waals surface area contributed by atoms with Crippen LogP contribution in [0.25, 0.3) is 15.9 Å². The van der Waals surface area contributed by atoms with Gasteiger partial charge in [-0.2, -0.15) is 0 Å². The predicted octanol–water partition coefficient (Wildman–Crippen LogP) is 5.50. The Labute approximate surface area is 174 Å². The number of thioether (sulfide) groups is 1. The Balaban J connectivity index is 1.93. The van der Waals surface area contributed by atoms with Crippen molar-refractivity contribution in [3.8, 4) is 5.69 Å². The van der Waals surface area contributed by atoms with Crippen molar-refractivity contribution in [2.75, 3.05) is 5.75 Å². The Morgan fingerprint density at radius 3 is 2.75 bits per heavy atom. The molecule has 148 valence electrons. The van der Waals surface area contributed by atoms with E-state index in [1.54, 1.807) is 27.7 Å². The van der Waals surface area contributed by atoms with E-state index in [0.29, 0.717) is 6.61 Å². The van der Waals surface area contributed by atoms with E-state index in [9.17, 15) is 4.79 Å². The number of thiophene rings is 1. The zero-order chi connectivity index (χ0) is 19.9. The van der Waals surface area contributed by atoms with Gasteiger partial charge in [-0.1, -0.05) is 42.8 Å². The summed E-state index contributed by atoms with van der Waals surface area (Å²) < 4.78 is 7.77. The van der Waals surface area contributed by atoms with Crippen molar-refractivity contribution < 1.29 is 4.74 Å². The highest BCUT2D eigenvalue weighted by Crippen LogP contribution is 2.38. The molecule has 3 aromatic rings. The van der Waals surface area contributed by atoms with Gasteiger partial charge in [-0.15, -0.1) is 11.3 Å². The molecule has 0 bridgehead atoms. The summed E-state index contributed by atoms with van der Waals surface area (Å²) in [5, 5.41) is 1.56. The zero-order valence-electron chi connectivity index (χ0n) is 16.9. The molecule has 3 heterocycles. The molecule has 1 aromatic carbocycles. The van der Waals surface area contributed by atoms with Gasteiger partial charge in [-0.25, -0.2) is 4.98 Å². The van der Waals surface area contributed by atoms with Crippen molar-refractivity contribution in [2.24, 2.45) is 0 Å². The van der Waals surface area contributed by atoms with Gasteiger partial charge in [0.05, 0.1) is 23.3 Å². The first-order valence-corrected chi connectivity index (χ1v) is 11.6. The second-order valence-electron chi connectivity index (χ2n) is 7.98. The quantitative estimate of drug-likeness (QED) is 0.314. The molecule has 4 nitrogen and oxygen atoms in total. The Morgan fingerprint density at radius 2 is 2.04 bits per heavy atom. The van der Waals surface area contributed by atoms with Crippen LogP contribution in [0.1, 0.15) is 49.6 Å². The molecule has 0 saturated heterocycles. The monoisotopic (exact) mass is 414 g/mol. The van der Waals surface area contributed by atoms with Crippen LogP contribution in [-0.2, 0) is 17.8 Å². The van der Waals surface area contributed by atoms with Gasteiger partial charge in [0.1, 0.15) is 4.83 Å². The Kier molecular flexibility index (Phi) is 5.38. The van der Waals surface area contributed by atoms with Gasteiger partial charge in [0.2, 0.25) is 0 Å². The van der Waals surface area contributed by atoms with Crippen molar-refractivity contribution in [1.29, 1.82) is 0 Å². The van der Waals surface area contributed by atoms with E-state index in [4.69, 9.17) is 9.72 Å². The highest BCUT2D eigenvalue weighted by Gasteiger charge is 2.31. The number of hydrogen-bond donors (Lipinski definition) is 0. The lowest BCUT2D eigenvalue weighted by molar-refractivity contribution is -0.0379. The third-order valence-electron chi connectivity index (χ3n) is 5.10. The molecular formula is C22H26N2O2S2. The third kappa shape index (κ3) is 3.65. The van der Waals surface area contributed by atoms with E-state index >= 15 is 0 Å². The number of aryl methyl sites for hydroxylation is 1. The minimum Gasteiger partial charge on any atom is -0.370 e. The molecule has 0 saturated carbocycles. The Bertz CT molecular complexity index is 1060. The summed E-state index contributed by atoms with van der Waals surface area (Å²) in [4.78, 5) is 20.6. The molecule has 1 aliphatic heterocycles. The number of ether oxygens (including phenoxy) is 1. The number of benzene rings is 1. The van der Waals surface area contributed by atoms with Crippen molar-refractivity contribution in [3.05, 3.63) is 50.6 Å². The molecule has 0 N–H and O–H groups in total. The second-order valence-corrected chi connectivity index (χ2v) is 10.1. The van der Waals surface area contributed by atoms with Crippen LogP contribution >= 0.6 is 23.1 Å². The van der Waals surface area contributed by atoms with Crippen molar-refractivity contribution in [2.45, 2.75) is 64.3 Å². The molecule has 0 fully saturated rings. The molecule has 0 unspecified atom stereocenters. The first kappa shape index (κ1) is 19.7. The maximum atomic E-state index is 13.7. The van der Waals surface area contributed by atoms with Gasteiger partial charge in [0, 0.05) is 17.1 Å². The van der Waals surface area contributed by atoms with E-state index in [1.165, 1.54) is 5.56 Å². The smallest absolute Gasteiger partial charge is 0.267 e. The Morgan fingerprint density at radius 1 is 1.29 bits per heavy atom. The maximum absolute atomic E-state index is 13.7. The van der Waals surface area contributed by atoms with Gasteiger partial charge in [-0.3, -0.25) is 9.36 Å². The first-order valence-electron chi connectivity index (χ1n) is 9.81. The standard InChI is InChI=1S/C22H26N2O2S2/c1-5-6-11-27-21-23-19-18(16-12-22(3,4)26-13-17(16)28-19)20(25)24(21)15-9-7-14(2)8-10-15/h7-10H,5-6,11-13H2,1-4H3. The fraction of sp³-hybridized carbons (Fsp3) is 0.455. The molecule has 0 aliphatic carbocycles. The van der Waals surface area contributed by atoms with E-state index < -0.39 is 0 Å². The van der Waals surface area contributed by atoms with Crippen molar-refractivity contribution in [1.82, 2.24) is 9.55 Å².